The molecule has 0 spiro atoms. The molecule has 1 aromatic carbocycles. The quantitative estimate of drug-likeness (QED) is 0.776. The second kappa shape index (κ2) is 4.45. The van der Waals surface area contributed by atoms with E-state index in [4.69, 9.17) is 16.9 Å². The van der Waals surface area contributed by atoms with Crippen LogP contribution in [0.1, 0.15) is 19.4 Å². The van der Waals surface area contributed by atoms with Gasteiger partial charge in [0.15, 0.2) is 0 Å². The first kappa shape index (κ1) is 11.0. The number of benzene rings is 1. The fourth-order valence-corrected chi connectivity index (χ4v) is 1.43. The molecule has 0 amide bonds. The summed E-state index contributed by atoms with van der Waals surface area (Å²) in [6.45, 7) is 4.38. The summed E-state index contributed by atoms with van der Waals surface area (Å²) in [4.78, 5) is 0. The Balaban J connectivity index is 2.87. The van der Waals surface area contributed by atoms with Crippen LogP contribution in [0.15, 0.2) is 24.3 Å². The van der Waals surface area contributed by atoms with E-state index >= 15 is 0 Å². The lowest BCUT2D eigenvalue weighted by atomic mass is 9.94. The van der Waals surface area contributed by atoms with E-state index in [1.54, 1.807) is 0 Å². The Bertz CT molecular complexity index is 353. The van der Waals surface area contributed by atoms with Gasteiger partial charge in [-0.3, -0.25) is 5.32 Å². The molecule has 2 nitrogen and oxygen atoms in total. The molecule has 0 heterocycles. The molecule has 0 radical (unpaired) electrons. The first-order valence-corrected chi connectivity index (χ1v) is 4.82. The van der Waals surface area contributed by atoms with Gasteiger partial charge in [0.2, 0.25) is 0 Å². The molecule has 74 valence electrons. The molecule has 0 aliphatic rings. The Hall–Kier alpha value is -1.04. The van der Waals surface area contributed by atoms with E-state index in [0.29, 0.717) is 11.6 Å². The van der Waals surface area contributed by atoms with E-state index in [1.807, 2.05) is 38.1 Å². The lowest BCUT2D eigenvalue weighted by Crippen LogP contribution is -2.36. The molecule has 0 fully saturated rings. The van der Waals surface area contributed by atoms with Crippen LogP contribution in [0.2, 0.25) is 5.02 Å². The minimum absolute atomic E-state index is 0.222. The summed E-state index contributed by atoms with van der Waals surface area (Å²) in [6, 6.07) is 9.72. The molecule has 0 aromatic heterocycles. The largest absolute Gasteiger partial charge is 0.295 e. The van der Waals surface area contributed by atoms with Gasteiger partial charge in [-0.15, -0.1) is 0 Å². The van der Waals surface area contributed by atoms with Gasteiger partial charge in [-0.2, -0.15) is 5.26 Å². The normalized spacial score (nSPS) is 11.0. The van der Waals surface area contributed by atoms with Crippen molar-refractivity contribution in [2.45, 2.75) is 19.4 Å². The van der Waals surface area contributed by atoms with Crippen LogP contribution in [-0.2, 0) is 5.54 Å². The number of hydrogen-bond acceptors (Lipinski definition) is 2. The second-order valence-electron chi connectivity index (χ2n) is 3.65. The number of halogens is 1. The Kier molecular flexibility index (Phi) is 3.51. The summed E-state index contributed by atoms with van der Waals surface area (Å²) in [5, 5.41) is 12.3. The maximum absolute atomic E-state index is 8.49. The van der Waals surface area contributed by atoms with Crippen LogP contribution in [-0.4, -0.2) is 6.54 Å². The summed E-state index contributed by atoms with van der Waals surface area (Å²) < 4.78 is 0. The average molecular weight is 209 g/mol. The van der Waals surface area contributed by atoms with E-state index in [9.17, 15) is 0 Å². The van der Waals surface area contributed by atoms with E-state index < -0.39 is 0 Å². The molecule has 0 atom stereocenters. The molecule has 1 aromatic rings. The highest BCUT2D eigenvalue weighted by atomic mass is 35.5. The highest BCUT2D eigenvalue weighted by Gasteiger charge is 2.19. The second-order valence-corrected chi connectivity index (χ2v) is 4.08. The van der Waals surface area contributed by atoms with Gasteiger partial charge >= 0.3 is 0 Å². The van der Waals surface area contributed by atoms with Crippen LogP contribution < -0.4 is 5.32 Å². The molecule has 0 aliphatic carbocycles. The van der Waals surface area contributed by atoms with Gasteiger partial charge in [-0.05, 0) is 31.5 Å². The molecule has 0 aliphatic heterocycles. The van der Waals surface area contributed by atoms with E-state index in [0.717, 1.165) is 5.56 Å². The predicted molar refractivity (Wildman–Crippen MR) is 58.1 cm³/mol. The van der Waals surface area contributed by atoms with Gasteiger partial charge in [0.25, 0.3) is 0 Å². The minimum Gasteiger partial charge on any atom is -0.295 e. The Morgan fingerprint density at radius 2 is 2.21 bits per heavy atom. The third kappa shape index (κ3) is 2.73. The van der Waals surface area contributed by atoms with Gasteiger partial charge in [0, 0.05) is 10.6 Å². The molecule has 1 N–H and O–H groups in total. The van der Waals surface area contributed by atoms with E-state index in [1.165, 1.54) is 0 Å². The van der Waals surface area contributed by atoms with Crippen molar-refractivity contribution in [2.24, 2.45) is 0 Å². The van der Waals surface area contributed by atoms with Crippen molar-refractivity contribution in [3.8, 4) is 6.07 Å². The zero-order valence-electron chi connectivity index (χ0n) is 8.34. The molecule has 0 unspecified atom stereocenters. The van der Waals surface area contributed by atoms with Crippen molar-refractivity contribution < 1.29 is 0 Å². The van der Waals surface area contributed by atoms with Crippen LogP contribution in [0.25, 0.3) is 0 Å². The molecule has 3 heteroatoms. The van der Waals surface area contributed by atoms with Crippen LogP contribution in [0.3, 0.4) is 0 Å². The molecule has 0 saturated heterocycles. The first-order valence-electron chi connectivity index (χ1n) is 4.44. The van der Waals surface area contributed by atoms with Crippen LogP contribution >= 0.6 is 11.6 Å². The van der Waals surface area contributed by atoms with Crippen molar-refractivity contribution in [3.05, 3.63) is 34.9 Å². The number of nitrogens with one attached hydrogen (secondary N) is 1. The van der Waals surface area contributed by atoms with Crippen LogP contribution in [0.5, 0.6) is 0 Å². The van der Waals surface area contributed by atoms with Gasteiger partial charge in [0.05, 0.1) is 12.6 Å². The molecule has 1 rings (SSSR count). The van der Waals surface area contributed by atoms with Crippen molar-refractivity contribution >= 4 is 11.6 Å². The smallest absolute Gasteiger partial charge is 0.0847 e. The fraction of sp³-hybridized carbons (Fsp3) is 0.364. The SMILES string of the molecule is CC(C)(NCC#N)c1cccc(Cl)c1. The zero-order valence-corrected chi connectivity index (χ0v) is 9.10. The zero-order chi connectivity index (χ0) is 10.6. The third-order valence-electron chi connectivity index (χ3n) is 2.16. The molecular formula is C11H13ClN2. The van der Waals surface area contributed by atoms with Crippen molar-refractivity contribution in [2.75, 3.05) is 6.54 Å². The Labute approximate surface area is 89.5 Å². The predicted octanol–water partition coefficient (Wildman–Crippen LogP) is 2.69. The van der Waals surface area contributed by atoms with Crippen molar-refractivity contribution in [3.63, 3.8) is 0 Å². The van der Waals surface area contributed by atoms with Gasteiger partial charge < -0.3 is 0 Å². The lowest BCUT2D eigenvalue weighted by molar-refractivity contribution is 0.427. The van der Waals surface area contributed by atoms with Crippen molar-refractivity contribution in [1.29, 1.82) is 5.26 Å². The van der Waals surface area contributed by atoms with Gasteiger partial charge in [0.1, 0.15) is 0 Å². The van der Waals surface area contributed by atoms with E-state index in [2.05, 4.69) is 11.4 Å². The van der Waals surface area contributed by atoms with Crippen LogP contribution in [0.4, 0.5) is 0 Å². The molecule has 0 bridgehead atoms. The topological polar surface area (TPSA) is 35.8 Å². The summed E-state index contributed by atoms with van der Waals surface area (Å²) >= 11 is 5.89. The third-order valence-corrected chi connectivity index (χ3v) is 2.39. The number of rotatable bonds is 3. The van der Waals surface area contributed by atoms with Crippen LogP contribution in [0, 0.1) is 11.3 Å². The highest BCUT2D eigenvalue weighted by molar-refractivity contribution is 6.30. The summed E-state index contributed by atoms with van der Waals surface area (Å²) in [5.74, 6) is 0. The molecule has 14 heavy (non-hydrogen) atoms. The first-order chi connectivity index (χ1) is 6.56. The van der Waals surface area contributed by atoms with E-state index in [-0.39, 0.29) is 5.54 Å². The Morgan fingerprint density at radius 3 is 2.79 bits per heavy atom. The summed E-state index contributed by atoms with van der Waals surface area (Å²) in [6.07, 6.45) is 0. The monoisotopic (exact) mass is 208 g/mol. The van der Waals surface area contributed by atoms with Gasteiger partial charge in [-0.1, -0.05) is 23.7 Å². The van der Waals surface area contributed by atoms with Gasteiger partial charge in [-0.25, -0.2) is 0 Å². The Morgan fingerprint density at radius 1 is 1.50 bits per heavy atom. The number of nitrogens with zero attached hydrogens (tertiary/aromatic N) is 1. The number of nitriles is 1. The summed E-state index contributed by atoms with van der Waals surface area (Å²) in [7, 11) is 0. The number of hydrogen-bond donors (Lipinski definition) is 1. The van der Waals surface area contributed by atoms with Crippen molar-refractivity contribution in [1.82, 2.24) is 5.32 Å². The maximum Gasteiger partial charge on any atom is 0.0847 e. The minimum atomic E-state index is -0.222. The average Bonchev–Trinajstić information content (AvgIpc) is 2.15. The lowest BCUT2D eigenvalue weighted by Gasteiger charge is -2.25. The molecule has 0 saturated carbocycles. The highest BCUT2D eigenvalue weighted by Crippen LogP contribution is 2.22. The fourth-order valence-electron chi connectivity index (χ4n) is 1.24. The summed E-state index contributed by atoms with van der Waals surface area (Å²) in [5.41, 5.74) is 0.862. The molecular weight excluding hydrogens is 196 g/mol. The maximum atomic E-state index is 8.49. The standard InChI is InChI=1S/C11H13ClN2/c1-11(2,14-7-6-13)9-4-3-5-10(12)8-9/h3-5,8,14H,7H2,1-2H3.